The van der Waals surface area contributed by atoms with Crippen molar-refractivity contribution in [3.8, 4) is 0 Å². The second kappa shape index (κ2) is 18.1. The second-order valence-electron chi connectivity index (χ2n) is 13.1. The van der Waals surface area contributed by atoms with E-state index in [4.69, 9.17) is 0 Å². The van der Waals surface area contributed by atoms with Gasteiger partial charge in [0.1, 0.15) is 0 Å². The van der Waals surface area contributed by atoms with Gasteiger partial charge in [0.25, 0.3) is 0 Å². The van der Waals surface area contributed by atoms with Crippen molar-refractivity contribution in [2.75, 3.05) is 0 Å². The zero-order chi connectivity index (χ0) is 44.0. The van der Waals surface area contributed by atoms with Crippen molar-refractivity contribution in [1.82, 2.24) is 0 Å². The van der Waals surface area contributed by atoms with Crippen LogP contribution in [0.1, 0.15) is 9.75 Å². The predicted octanol–water partition coefficient (Wildman–Crippen LogP) is 19.0. The van der Waals surface area contributed by atoms with E-state index >= 15 is 8.78 Å². The molecule has 10 aromatic rings. The standard InChI is InChI=1S/C28H6F14S2.C16H6S2.2W/c29-15(19(33)23(37)27(39)40)17(31)21(35)25-13-7-3-1-5-9-11(7)14(8-4-2-6-10(44-25)12(8)13)26(43-9)22(36)18(32)16(30)20(34)24(38)28(41)42;1-3-9-11-7-18-14-6-2-4-10(16(11)14)12-8-17-13(5-1)15(9)12;;/h1-6H;1-6H;;/q;-2;;/b19-15+,20-16+,21-17+,22-18+;;;. The summed E-state index contributed by atoms with van der Waals surface area (Å²) in [5.41, 5.74) is 0. The molecule has 0 radical (unpaired) electrons. The molecule has 6 aromatic carbocycles. The van der Waals surface area contributed by atoms with Crippen LogP contribution >= 0.6 is 45.3 Å². The Balaban J connectivity index is 0.000000252. The first-order valence-corrected chi connectivity index (χ1v) is 20.5. The average Bonchev–Trinajstić information content (AvgIpc) is 4.09. The maximum atomic E-state index is 15.4. The molecule has 0 aliphatic carbocycles. The Morgan fingerprint density at radius 2 is 0.641 bits per heavy atom. The van der Waals surface area contributed by atoms with E-state index in [-0.39, 0.29) is 83.8 Å². The van der Waals surface area contributed by atoms with Gasteiger partial charge in [-0.1, -0.05) is 68.7 Å². The molecule has 0 aliphatic rings. The molecule has 0 N–H and O–H groups in total. The van der Waals surface area contributed by atoms with Crippen molar-refractivity contribution < 1.29 is 104 Å². The van der Waals surface area contributed by atoms with E-state index in [1.807, 2.05) is 0 Å². The van der Waals surface area contributed by atoms with E-state index in [0.717, 1.165) is 0 Å². The maximum absolute atomic E-state index is 15.4. The first-order chi connectivity index (χ1) is 29.6. The van der Waals surface area contributed by atoms with E-state index in [0.29, 0.717) is 22.7 Å². The zero-order valence-corrected chi connectivity index (χ0v) is 39.8. The minimum absolute atomic E-state index is 0. The summed E-state index contributed by atoms with van der Waals surface area (Å²) in [6, 6.07) is 20.8. The van der Waals surface area contributed by atoms with Gasteiger partial charge in [-0.05, 0) is 22.9 Å². The van der Waals surface area contributed by atoms with Gasteiger partial charge in [0.2, 0.25) is 35.0 Å². The number of fused-ring (bicyclic) bond motifs is 4. The molecule has 0 fully saturated rings. The molecule has 0 aliphatic heterocycles. The third-order valence-corrected chi connectivity index (χ3v) is 13.9. The Kier molecular flexibility index (Phi) is 13.4. The molecular formula is C44H12F14S4W2-2. The van der Waals surface area contributed by atoms with Crippen molar-refractivity contribution in [3.63, 3.8) is 0 Å². The van der Waals surface area contributed by atoms with E-state index in [9.17, 15) is 52.7 Å². The van der Waals surface area contributed by atoms with Gasteiger partial charge in [-0.3, -0.25) is 22.7 Å². The van der Waals surface area contributed by atoms with Crippen LogP contribution in [0.2, 0.25) is 0 Å². The molecule has 0 unspecified atom stereocenters. The fraction of sp³-hybridized carbons (Fsp3) is 0. The van der Waals surface area contributed by atoms with Gasteiger partial charge in [-0.25, -0.2) is 35.1 Å². The van der Waals surface area contributed by atoms with Crippen LogP contribution in [-0.4, -0.2) is 0 Å². The van der Waals surface area contributed by atoms with Crippen LogP contribution in [0.15, 0.2) is 132 Å². The predicted molar refractivity (Wildman–Crippen MR) is 222 cm³/mol. The summed E-state index contributed by atoms with van der Waals surface area (Å²) in [6.07, 6.45) is -6.68. The molecular weight excluding hydrogens is 1290 g/mol. The molecule has 324 valence electrons. The molecule has 0 spiro atoms. The van der Waals surface area contributed by atoms with E-state index in [2.05, 4.69) is 47.2 Å². The fourth-order valence-corrected chi connectivity index (χ4v) is 11.5. The normalized spacial score (nSPS) is 13.6. The number of benzene rings is 6. The van der Waals surface area contributed by atoms with E-state index < -0.39 is 80.2 Å². The summed E-state index contributed by atoms with van der Waals surface area (Å²) >= 11 is 4.28. The van der Waals surface area contributed by atoms with Gasteiger partial charge >= 0.3 is 12.2 Å². The Morgan fingerprint density at radius 1 is 0.328 bits per heavy atom. The van der Waals surface area contributed by atoms with Gasteiger partial charge in [-0.2, -0.15) is 47.9 Å². The maximum Gasteiger partial charge on any atom is 0.308 e. The van der Waals surface area contributed by atoms with Crippen LogP contribution < -0.4 is 0 Å². The smallest absolute Gasteiger partial charge is 0.257 e. The summed E-state index contributed by atoms with van der Waals surface area (Å²) in [4.78, 5) is -1.48. The monoisotopic (exact) mass is 1300 g/mol. The summed E-state index contributed by atoms with van der Waals surface area (Å²) in [7, 11) is 0. The molecule has 0 bridgehead atoms. The van der Waals surface area contributed by atoms with Crippen molar-refractivity contribution >= 4 is 140 Å². The van der Waals surface area contributed by atoms with Gasteiger partial charge in [0.15, 0.2) is 23.3 Å². The van der Waals surface area contributed by atoms with Gasteiger partial charge < -0.3 is 0 Å². The van der Waals surface area contributed by atoms with Gasteiger partial charge in [-0.15, -0.1) is 45.6 Å². The summed E-state index contributed by atoms with van der Waals surface area (Å²) in [5, 5.41) is 14.4. The minimum Gasteiger partial charge on any atom is -0.257 e. The van der Waals surface area contributed by atoms with Crippen LogP contribution in [0.25, 0.3) is 95.1 Å². The molecule has 0 atom stereocenters. The van der Waals surface area contributed by atoms with Crippen molar-refractivity contribution in [2.45, 2.75) is 0 Å². The van der Waals surface area contributed by atoms with Gasteiger partial charge in [0.05, 0.1) is 9.75 Å². The van der Waals surface area contributed by atoms with Crippen LogP contribution in [0, 0.1) is 10.8 Å². The van der Waals surface area contributed by atoms with Crippen LogP contribution in [0.4, 0.5) is 61.5 Å². The number of thiophene rings is 4. The summed E-state index contributed by atoms with van der Waals surface area (Å²) < 4.78 is 195. The van der Waals surface area contributed by atoms with E-state index in [1.54, 1.807) is 22.7 Å². The minimum atomic E-state index is -3.34. The molecule has 20 heteroatoms. The zero-order valence-electron chi connectivity index (χ0n) is 30.7. The number of rotatable bonds is 6. The molecule has 0 amide bonds. The first kappa shape index (κ1) is 47.5. The Bertz CT molecular complexity index is 3450. The summed E-state index contributed by atoms with van der Waals surface area (Å²) in [6.45, 7) is 0. The molecule has 4 heterocycles. The summed E-state index contributed by atoms with van der Waals surface area (Å²) in [5.74, 6) is -27.5. The first-order valence-electron chi connectivity index (χ1n) is 17.3. The average molecular weight is 1300 g/mol. The van der Waals surface area contributed by atoms with E-state index in [1.165, 1.54) is 78.1 Å². The quantitative estimate of drug-likeness (QED) is 0.0674. The largest absolute Gasteiger partial charge is 0.308 e. The SMILES string of the molecule is FC(F)=C(F)/C(F)=C(F)/C(F)=C(\F)c1sc2cccc3c4c(/C(F)=C(F)/C(F)=C(\F)C(F)=C(F)F)sc5cccc(c1c23)c54.[W].[W].[c-]1sc2cccc3c4[c-]sc5cccc(c1c23)c54. The van der Waals surface area contributed by atoms with Gasteiger partial charge in [0, 0.05) is 73.1 Å². The Morgan fingerprint density at radius 3 is 0.984 bits per heavy atom. The van der Waals surface area contributed by atoms with Crippen molar-refractivity contribution in [1.29, 1.82) is 0 Å². The Labute approximate surface area is 393 Å². The number of allylic oxidation sites excluding steroid dienone is 8. The number of hydrogen-bond acceptors (Lipinski definition) is 4. The second-order valence-corrected chi connectivity index (χ2v) is 16.9. The Hall–Kier alpha value is -4.44. The molecule has 0 saturated carbocycles. The molecule has 64 heavy (non-hydrogen) atoms. The molecule has 10 rings (SSSR count). The topological polar surface area (TPSA) is 0 Å². The fourth-order valence-electron chi connectivity index (χ4n) is 7.34. The van der Waals surface area contributed by atoms with Crippen molar-refractivity contribution in [2.24, 2.45) is 0 Å². The molecule has 4 aromatic heterocycles. The van der Waals surface area contributed by atoms with Crippen LogP contribution in [0.3, 0.4) is 0 Å². The third-order valence-electron chi connectivity index (χ3n) is 9.86. The van der Waals surface area contributed by atoms with Crippen LogP contribution in [-0.2, 0) is 42.1 Å². The third kappa shape index (κ3) is 7.42. The van der Waals surface area contributed by atoms with Crippen molar-refractivity contribution in [3.05, 3.63) is 152 Å². The van der Waals surface area contributed by atoms with Crippen LogP contribution in [0.5, 0.6) is 0 Å². The molecule has 0 nitrogen and oxygen atoms in total. The number of hydrogen-bond donors (Lipinski definition) is 0. The molecule has 0 saturated heterocycles. The number of halogens is 14.